The Morgan fingerprint density at radius 1 is 1.06 bits per heavy atom. The Kier molecular flexibility index (Phi) is 6.65. The number of ether oxygens (including phenoxy) is 2. The molecule has 1 aliphatic rings. The average Bonchev–Trinajstić information content (AvgIpc) is 3.16. The number of fused-ring (bicyclic) bond motifs is 1. The second-order valence-electron chi connectivity index (χ2n) is 7.46. The largest absolute Gasteiger partial charge is 0.466 e. The molecule has 10 heteroatoms. The number of rotatable bonds is 5. The zero-order chi connectivity index (χ0) is 25.3. The maximum atomic E-state index is 15.0. The summed E-state index contributed by atoms with van der Waals surface area (Å²) in [6, 6.07) is 11.4. The first-order chi connectivity index (χ1) is 16.8. The summed E-state index contributed by atoms with van der Waals surface area (Å²) in [5, 5.41) is 0. The van der Waals surface area contributed by atoms with Crippen LogP contribution in [0.25, 0.3) is 17.5 Å². The number of nitrogens with two attached hydrogens (primary N) is 1. The smallest absolute Gasteiger partial charge is 0.338 e. The van der Waals surface area contributed by atoms with E-state index in [9.17, 15) is 23.2 Å². The van der Waals surface area contributed by atoms with E-state index in [-0.39, 0.29) is 43.9 Å². The number of nitrogens with zero attached hydrogens (tertiary/aromatic N) is 1. The molecule has 2 aromatic carbocycles. The molecule has 0 amide bonds. The van der Waals surface area contributed by atoms with Crippen molar-refractivity contribution in [2.45, 2.75) is 12.8 Å². The zero-order valence-electron chi connectivity index (χ0n) is 18.7. The summed E-state index contributed by atoms with van der Waals surface area (Å²) in [5.74, 6) is -4.67. The van der Waals surface area contributed by atoms with Gasteiger partial charge in [0.1, 0.15) is 22.1 Å². The third-order valence-electron chi connectivity index (χ3n) is 5.46. The number of methoxy groups -OCH3 is 1. The highest BCUT2D eigenvalue weighted by Crippen LogP contribution is 2.38. The molecular formula is C25H20F2N2O5S. The SMILES string of the molecule is CCOC(=O)C1=c2s/c(=C/c3ccccc3F)c(=O)n2C(N)=C(C(=O)OC)C1c1ccccc1F. The van der Waals surface area contributed by atoms with Crippen LogP contribution in [-0.4, -0.2) is 30.2 Å². The molecule has 0 fully saturated rings. The van der Waals surface area contributed by atoms with Crippen molar-refractivity contribution in [3.8, 4) is 0 Å². The fourth-order valence-corrected chi connectivity index (χ4v) is 5.07. The second-order valence-corrected chi connectivity index (χ2v) is 8.49. The van der Waals surface area contributed by atoms with E-state index in [1.807, 2.05) is 0 Å². The Bertz CT molecular complexity index is 1550. The standard InChI is InChI=1S/C25H20F2N2O5S/c1-3-34-25(32)20-18(14-9-5-7-11-16(14)27)19(24(31)33-2)21(28)29-22(30)17(35-23(20)29)12-13-8-4-6-10-15(13)26/h4-12,18H,3,28H2,1-2H3/b17-12+. The van der Waals surface area contributed by atoms with E-state index in [2.05, 4.69) is 0 Å². The van der Waals surface area contributed by atoms with Crippen LogP contribution >= 0.6 is 11.3 Å². The summed E-state index contributed by atoms with van der Waals surface area (Å²) < 4.78 is 40.4. The highest BCUT2D eigenvalue weighted by molar-refractivity contribution is 7.07. The first-order valence-corrected chi connectivity index (χ1v) is 11.3. The number of carbonyl (C=O) groups excluding carboxylic acids is 2. The number of aromatic nitrogens is 1. The van der Waals surface area contributed by atoms with Crippen LogP contribution in [0.1, 0.15) is 24.0 Å². The average molecular weight is 499 g/mol. The van der Waals surface area contributed by atoms with E-state index in [1.54, 1.807) is 19.1 Å². The van der Waals surface area contributed by atoms with Gasteiger partial charge in [0.2, 0.25) is 0 Å². The van der Waals surface area contributed by atoms with Crippen molar-refractivity contribution in [1.82, 2.24) is 4.57 Å². The van der Waals surface area contributed by atoms with E-state index >= 15 is 0 Å². The van der Waals surface area contributed by atoms with Crippen molar-refractivity contribution in [3.05, 3.63) is 96.4 Å². The molecule has 0 aliphatic carbocycles. The Balaban J connectivity index is 2.16. The molecule has 2 heterocycles. The minimum absolute atomic E-state index is 0.0110. The molecular weight excluding hydrogens is 478 g/mol. The molecule has 0 spiro atoms. The van der Waals surface area contributed by atoms with Crippen molar-refractivity contribution >= 4 is 40.7 Å². The summed E-state index contributed by atoms with van der Waals surface area (Å²) in [4.78, 5) is 39.4. The maximum absolute atomic E-state index is 15.0. The molecule has 0 radical (unpaired) electrons. The van der Waals surface area contributed by atoms with Crippen LogP contribution in [0.15, 0.2) is 58.9 Å². The lowest BCUT2D eigenvalue weighted by atomic mass is 9.83. The first kappa shape index (κ1) is 24.1. The number of hydrogen-bond donors (Lipinski definition) is 1. The summed E-state index contributed by atoms with van der Waals surface area (Å²) in [6.07, 6.45) is 1.32. The fourth-order valence-electron chi connectivity index (χ4n) is 3.92. The lowest BCUT2D eigenvalue weighted by molar-refractivity contribution is -0.136. The third kappa shape index (κ3) is 4.17. The van der Waals surface area contributed by atoms with E-state index in [1.165, 1.54) is 42.5 Å². The van der Waals surface area contributed by atoms with Gasteiger partial charge >= 0.3 is 11.9 Å². The normalized spacial score (nSPS) is 15.7. The minimum atomic E-state index is -1.30. The van der Waals surface area contributed by atoms with Crippen LogP contribution in [0.4, 0.5) is 8.78 Å². The van der Waals surface area contributed by atoms with Crippen LogP contribution in [0.5, 0.6) is 0 Å². The predicted molar refractivity (Wildman–Crippen MR) is 126 cm³/mol. The summed E-state index contributed by atoms with van der Waals surface area (Å²) in [6.45, 7) is 1.58. The maximum Gasteiger partial charge on any atom is 0.338 e. The van der Waals surface area contributed by atoms with Gasteiger partial charge in [0.15, 0.2) is 0 Å². The second kappa shape index (κ2) is 9.67. The topological polar surface area (TPSA) is 101 Å². The number of carbonyl (C=O) groups is 2. The summed E-state index contributed by atoms with van der Waals surface area (Å²) >= 11 is 0.859. The lowest BCUT2D eigenvalue weighted by Crippen LogP contribution is -2.42. The molecule has 1 aromatic heterocycles. The van der Waals surface area contributed by atoms with Crippen LogP contribution in [0.3, 0.4) is 0 Å². The molecule has 7 nitrogen and oxygen atoms in total. The van der Waals surface area contributed by atoms with Crippen LogP contribution in [0.2, 0.25) is 0 Å². The summed E-state index contributed by atoms with van der Waals surface area (Å²) in [7, 11) is 1.11. The molecule has 2 N–H and O–H groups in total. The summed E-state index contributed by atoms with van der Waals surface area (Å²) in [5.41, 5.74) is 5.29. The Morgan fingerprint density at radius 3 is 2.34 bits per heavy atom. The van der Waals surface area contributed by atoms with Crippen LogP contribution in [-0.2, 0) is 19.1 Å². The monoisotopic (exact) mass is 498 g/mol. The number of hydrogen-bond acceptors (Lipinski definition) is 7. The van der Waals surface area contributed by atoms with Gasteiger partial charge in [-0.3, -0.25) is 9.36 Å². The van der Waals surface area contributed by atoms with Crippen LogP contribution in [0, 0.1) is 11.6 Å². The van der Waals surface area contributed by atoms with Crippen molar-refractivity contribution in [2.24, 2.45) is 5.73 Å². The number of thiazole rings is 1. The molecule has 1 atom stereocenters. The van der Waals surface area contributed by atoms with Gasteiger partial charge in [-0.25, -0.2) is 18.4 Å². The number of halogens is 2. The molecule has 1 unspecified atom stereocenters. The molecule has 0 saturated heterocycles. The van der Waals surface area contributed by atoms with Gasteiger partial charge in [-0.05, 0) is 25.1 Å². The highest BCUT2D eigenvalue weighted by Gasteiger charge is 2.40. The number of esters is 2. The van der Waals surface area contributed by atoms with Gasteiger partial charge in [-0.2, -0.15) is 0 Å². The fraction of sp³-hybridized carbons (Fsp3) is 0.160. The first-order valence-electron chi connectivity index (χ1n) is 10.5. The Morgan fingerprint density at radius 2 is 1.71 bits per heavy atom. The molecule has 1 aliphatic heterocycles. The molecule has 35 heavy (non-hydrogen) atoms. The van der Waals surface area contributed by atoms with E-state index in [0.717, 1.165) is 23.0 Å². The van der Waals surface area contributed by atoms with Gasteiger partial charge in [0, 0.05) is 11.1 Å². The van der Waals surface area contributed by atoms with Gasteiger partial charge in [-0.1, -0.05) is 36.4 Å². The van der Waals surface area contributed by atoms with Crippen molar-refractivity contribution in [2.75, 3.05) is 13.7 Å². The quantitative estimate of drug-likeness (QED) is 0.539. The third-order valence-corrected chi connectivity index (χ3v) is 6.57. The molecule has 3 aromatic rings. The molecule has 0 bridgehead atoms. The van der Waals surface area contributed by atoms with Crippen molar-refractivity contribution < 1.29 is 27.8 Å². The number of benzene rings is 2. The van der Waals surface area contributed by atoms with Gasteiger partial charge in [0.05, 0.1) is 35.3 Å². The van der Waals surface area contributed by atoms with E-state index < -0.39 is 35.1 Å². The van der Waals surface area contributed by atoms with Gasteiger partial charge in [0.25, 0.3) is 5.56 Å². The van der Waals surface area contributed by atoms with Crippen molar-refractivity contribution in [1.29, 1.82) is 0 Å². The van der Waals surface area contributed by atoms with Gasteiger partial charge in [-0.15, -0.1) is 11.3 Å². The zero-order valence-corrected chi connectivity index (χ0v) is 19.5. The highest BCUT2D eigenvalue weighted by atomic mass is 32.1. The molecule has 4 rings (SSSR count). The van der Waals surface area contributed by atoms with Crippen LogP contribution < -0.4 is 20.5 Å². The van der Waals surface area contributed by atoms with Crippen molar-refractivity contribution in [3.63, 3.8) is 0 Å². The van der Waals surface area contributed by atoms with Gasteiger partial charge < -0.3 is 15.2 Å². The molecule has 0 saturated carbocycles. The lowest BCUT2D eigenvalue weighted by Gasteiger charge is -2.27. The predicted octanol–water partition coefficient (Wildman–Crippen LogP) is 1.83. The molecule has 180 valence electrons. The Hall–Kier alpha value is -4.05. The Labute approximate surface area is 202 Å². The van der Waals surface area contributed by atoms with E-state index in [4.69, 9.17) is 15.2 Å². The van der Waals surface area contributed by atoms with E-state index in [0.29, 0.717) is 0 Å². The minimum Gasteiger partial charge on any atom is -0.466 e.